The number of aromatic nitrogens is 1. The molecule has 5 heteroatoms. The van der Waals surface area contributed by atoms with Crippen molar-refractivity contribution < 1.29 is 9.21 Å². The highest BCUT2D eigenvalue weighted by Crippen LogP contribution is 2.14. The third-order valence-corrected chi connectivity index (χ3v) is 4.07. The summed E-state index contributed by atoms with van der Waals surface area (Å²) in [6.07, 6.45) is 1.17. The van der Waals surface area contributed by atoms with Gasteiger partial charge < -0.3 is 9.73 Å². The first-order chi connectivity index (χ1) is 11.5. The number of nitrogens with one attached hydrogen (secondary N) is 1. The molecule has 24 heavy (non-hydrogen) atoms. The molecule has 0 bridgehead atoms. The summed E-state index contributed by atoms with van der Waals surface area (Å²) in [4.78, 5) is 23.5. The number of oxazole rings is 1. The molecule has 3 rings (SSSR count). The van der Waals surface area contributed by atoms with Crippen molar-refractivity contribution in [1.82, 2.24) is 9.88 Å². The van der Waals surface area contributed by atoms with Gasteiger partial charge in [-0.2, -0.15) is 0 Å². The van der Waals surface area contributed by atoms with Gasteiger partial charge in [-0.1, -0.05) is 35.9 Å². The van der Waals surface area contributed by atoms with Crippen LogP contribution >= 0.6 is 0 Å². The molecule has 1 amide bonds. The van der Waals surface area contributed by atoms with Crippen molar-refractivity contribution in [2.45, 2.75) is 26.3 Å². The second-order valence-corrected chi connectivity index (χ2v) is 5.99. The maximum Gasteiger partial charge on any atom is 0.419 e. The lowest BCUT2D eigenvalue weighted by Crippen LogP contribution is -2.22. The van der Waals surface area contributed by atoms with Crippen molar-refractivity contribution in [3.8, 4) is 0 Å². The molecule has 0 atom stereocenters. The van der Waals surface area contributed by atoms with E-state index >= 15 is 0 Å². The van der Waals surface area contributed by atoms with Crippen molar-refractivity contribution in [3.63, 3.8) is 0 Å². The highest BCUT2D eigenvalue weighted by Gasteiger charge is 2.07. The first-order valence-corrected chi connectivity index (χ1v) is 7.93. The van der Waals surface area contributed by atoms with E-state index in [-0.39, 0.29) is 11.7 Å². The summed E-state index contributed by atoms with van der Waals surface area (Å²) in [6, 6.07) is 13.7. The average Bonchev–Trinajstić information content (AvgIpc) is 2.85. The van der Waals surface area contributed by atoms with Crippen molar-refractivity contribution in [3.05, 3.63) is 69.7 Å². The van der Waals surface area contributed by atoms with Crippen LogP contribution in [0.5, 0.6) is 0 Å². The van der Waals surface area contributed by atoms with Gasteiger partial charge in [-0.25, -0.2) is 4.79 Å². The van der Waals surface area contributed by atoms with E-state index in [4.69, 9.17) is 4.42 Å². The molecule has 0 aliphatic carbocycles. The molecule has 0 aliphatic heterocycles. The highest BCUT2D eigenvalue weighted by molar-refractivity contribution is 5.77. The molecule has 1 aromatic heterocycles. The van der Waals surface area contributed by atoms with Crippen LogP contribution in [-0.4, -0.2) is 10.5 Å². The Morgan fingerprint density at radius 2 is 2.00 bits per heavy atom. The predicted octanol–water partition coefficient (Wildman–Crippen LogP) is 2.69. The lowest BCUT2D eigenvalue weighted by molar-refractivity contribution is -0.121. The normalized spacial score (nSPS) is 10.9. The van der Waals surface area contributed by atoms with Gasteiger partial charge in [0.15, 0.2) is 5.58 Å². The summed E-state index contributed by atoms with van der Waals surface area (Å²) in [5, 5.41) is 2.90. The van der Waals surface area contributed by atoms with Gasteiger partial charge in [0.2, 0.25) is 5.91 Å². The molecule has 0 saturated heterocycles. The molecule has 0 spiro atoms. The molecule has 0 saturated carbocycles. The fourth-order valence-electron chi connectivity index (χ4n) is 2.70. The van der Waals surface area contributed by atoms with Crippen LogP contribution in [0.4, 0.5) is 0 Å². The Morgan fingerprint density at radius 3 is 2.79 bits per heavy atom. The molecule has 0 fully saturated rings. The number of nitrogens with zero attached hydrogens (tertiary/aromatic N) is 1. The van der Waals surface area contributed by atoms with Crippen LogP contribution in [0.1, 0.15) is 23.1 Å². The smallest absolute Gasteiger partial charge is 0.408 e. The Balaban J connectivity index is 1.57. The van der Waals surface area contributed by atoms with E-state index in [2.05, 4.69) is 11.4 Å². The first kappa shape index (κ1) is 16.1. The van der Waals surface area contributed by atoms with Gasteiger partial charge >= 0.3 is 5.76 Å². The Morgan fingerprint density at radius 1 is 1.17 bits per heavy atom. The van der Waals surface area contributed by atoms with E-state index in [9.17, 15) is 9.59 Å². The van der Waals surface area contributed by atoms with Crippen molar-refractivity contribution in [1.29, 1.82) is 0 Å². The Kier molecular flexibility index (Phi) is 4.51. The molecule has 3 aromatic rings. The van der Waals surface area contributed by atoms with Crippen LogP contribution in [0.3, 0.4) is 0 Å². The summed E-state index contributed by atoms with van der Waals surface area (Å²) < 4.78 is 6.62. The number of aryl methyl sites for hydroxylation is 3. The zero-order valence-corrected chi connectivity index (χ0v) is 13.8. The van der Waals surface area contributed by atoms with Crippen LogP contribution in [0.2, 0.25) is 0 Å². The minimum atomic E-state index is -0.385. The topological polar surface area (TPSA) is 64.2 Å². The van der Waals surface area contributed by atoms with E-state index in [1.165, 1.54) is 10.1 Å². The number of hydrogen-bond donors (Lipinski definition) is 1. The lowest BCUT2D eigenvalue weighted by atomic mass is 10.1. The summed E-state index contributed by atoms with van der Waals surface area (Å²) in [6.45, 7) is 2.46. The third-order valence-electron chi connectivity index (χ3n) is 4.07. The Bertz CT molecular complexity index is 937. The lowest BCUT2D eigenvalue weighted by Gasteiger charge is -2.06. The summed E-state index contributed by atoms with van der Waals surface area (Å²) in [7, 11) is 1.67. The summed E-state index contributed by atoms with van der Waals surface area (Å²) >= 11 is 0. The fraction of sp³-hybridized carbons (Fsp3) is 0.263. The van der Waals surface area contributed by atoms with Crippen molar-refractivity contribution in [2.24, 2.45) is 7.05 Å². The van der Waals surface area contributed by atoms with Crippen LogP contribution in [0, 0.1) is 6.92 Å². The molecular weight excluding hydrogens is 304 g/mol. The van der Waals surface area contributed by atoms with Gasteiger partial charge in [-0.15, -0.1) is 0 Å². The predicted molar refractivity (Wildman–Crippen MR) is 92.8 cm³/mol. The van der Waals surface area contributed by atoms with Gasteiger partial charge in [-0.3, -0.25) is 9.36 Å². The number of carbonyl (C=O) groups excluding carboxylic acids is 1. The quantitative estimate of drug-likeness (QED) is 0.785. The van der Waals surface area contributed by atoms with Crippen LogP contribution in [0.25, 0.3) is 11.1 Å². The summed E-state index contributed by atoms with van der Waals surface area (Å²) in [5.74, 6) is -0.379. The van der Waals surface area contributed by atoms with Gasteiger partial charge in [-0.05, 0) is 36.6 Å². The maximum atomic E-state index is 12.0. The zero-order chi connectivity index (χ0) is 17.1. The maximum absolute atomic E-state index is 12.0. The minimum Gasteiger partial charge on any atom is -0.408 e. The molecule has 2 aromatic carbocycles. The number of rotatable bonds is 5. The second kappa shape index (κ2) is 6.74. The van der Waals surface area contributed by atoms with Gasteiger partial charge in [0.1, 0.15) is 0 Å². The molecule has 1 N–H and O–H groups in total. The number of carbonyl (C=O) groups is 1. The molecule has 0 unspecified atom stereocenters. The molecule has 124 valence electrons. The van der Waals surface area contributed by atoms with E-state index in [0.717, 1.165) is 23.1 Å². The fourth-order valence-corrected chi connectivity index (χ4v) is 2.70. The van der Waals surface area contributed by atoms with E-state index < -0.39 is 0 Å². The molecule has 0 radical (unpaired) electrons. The van der Waals surface area contributed by atoms with Crippen LogP contribution in [-0.2, 0) is 24.8 Å². The van der Waals surface area contributed by atoms with E-state index in [0.29, 0.717) is 18.5 Å². The van der Waals surface area contributed by atoms with Crippen LogP contribution < -0.4 is 11.1 Å². The molecule has 0 aliphatic rings. The van der Waals surface area contributed by atoms with Gasteiger partial charge in [0.25, 0.3) is 0 Å². The standard InChI is InChI=1S/C19H20N2O3/c1-13-4-3-5-14(10-13)7-9-18(22)20-12-15-6-8-16-17(11-15)24-19(23)21(16)2/h3-6,8,10-11H,7,9,12H2,1-2H3,(H,20,22). The number of hydrogen-bond acceptors (Lipinski definition) is 3. The van der Waals surface area contributed by atoms with Crippen molar-refractivity contribution >= 4 is 17.0 Å². The Labute approximate surface area is 139 Å². The Hall–Kier alpha value is -2.82. The third kappa shape index (κ3) is 3.56. The monoisotopic (exact) mass is 324 g/mol. The molecule has 1 heterocycles. The molecular formula is C19H20N2O3. The van der Waals surface area contributed by atoms with Crippen LogP contribution in [0.15, 0.2) is 51.7 Å². The minimum absolute atomic E-state index is 0.00566. The van der Waals surface area contributed by atoms with Crippen molar-refractivity contribution in [2.75, 3.05) is 0 Å². The first-order valence-electron chi connectivity index (χ1n) is 7.93. The highest BCUT2D eigenvalue weighted by atomic mass is 16.4. The zero-order valence-electron chi connectivity index (χ0n) is 13.8. The number of benzene rings is 2. The number of amides is 1. The van der Waals surface area contributed by atoms with Gasteiger partial charge in [0.05, 0.1) is 5.52 Å². The SMILES string of the molecule is Cc1cccc(CCC(=O)NCc2ccc3c(c2)oc(=O)n3C)c1. The van der Waals surface area contributed by atoms with Gasteiger partial charge in [0, 0.05) is 20.0 Å². The average molecular weight is 324 g/mol. The number of fused-ring (bicyclic) bond motifs is 1. The molecule has 5 nitrogen and oxygen atoms in total. The largest absolute Gasteiger partial charge is 0.419 e. The second-order valence-electron chi connectivity index (χ2n) is 5.99. The van der Waals surface area contributed by atoms with E-state index in [1.807, 2.05) is 37.3 Å². The summed E-state index contributed by atoms with van der Waals surface area (Å²) in [5.41, 5.74) is 4.55. The van der Waals surface area contributed by atoms with E-state index in [1.54, 1.807) is 13.1 Å².